The van der Waals surface area contributed by atoms with Crippen LogP contribution in [0.2, 0.25) is 0 Å². The van der Waals surface area contributed by atoms with Gasteiger partial charge in [-0.05, 0) is 54.7 Å². The molecule has 2 aromatic rings. The van der Waals surface area contributed by atoms with Crippen molar-refractivity contribution in [2.45, 2.75) is 25.4 Å². The lowest BCUT2D eigenvalue weighted by Crippen LogP contribution is -2.19. The van der Waals surface area contributed by atoms with E-state index in [1.54, 1.807) is 12.3 Å². The van der Waals surface area contributed by atoms with Gasteiger partial charge in [0.25, 0.3) is 10.1 Å². The Morgan fingerprint density at radius 3 is 2.82 bits per heavy atom. The Hall–Kier alpha value is -1.79. The smallest absolute Gasteiger partial charge is 0.264 e. The Morgan fingerprint density at radius 2 is 2.14 bits per heavy atom. The maximum absolute atomic E-state index is 13.5. The molecule has 0 radical (unpaired) electrons. The Bertz CT molecular complexity index is 846. The highest BCUT2D eigenvalue weighted by Crippen LogP contribution is 2.32. The number of hydrogen-bond donors (Lipinski definition) is 0. The first-order valence-corrected chi connectivity index (χ1v) is 8.86. The van der Waals surface area contributed by atoms with Gasteiger partial charge >= 0.3 is 0 Å². The van der Waals surface area contributed by atoms with Crippen LogP contribution in [0, 0.1) is 5.82 Å². The predicted molar refractivity (Wildman–Crippen MR) is 83.2 cm³/mol. The van der Waals surface area contributed by atoms with Gasteiger partial charge in [0.05, 0.1) is 17.9 Å². The minimum atomic E-state index is -3.43. The van der Waals surface area contributed by atoms with Crippen molar-refractivity contribution in [1.82, 2.24) is 4.98 Å². The van der Waals surface area contributed by atoms with Crippen molar-refractivity contribution >= 4 is 26.6 Å². The van der Waals surface area contributed by atoms with Crippen LogP contribution in [0.3, 0.4) is 0 Å². The third-order valence-electron chi connectivity index (χ3n) is 3.72. The van der Waals surface area contributed by atoms with Crippen LogP contribution < -0.4 is 0 Å². The normalized spacial score (nSPS) is 19.2. The highest BCUT2D eigenvalue weighted by Gasteiger charge is 2.20. The molecule has 1 atom stereocenters. The molecule has 1 aliphatic rings. The van der Waals surface area contributed by atoms with Crippen LogP contribution in [0.5, 0.6) is 0 Å². The third-order valence-corrected chi connectivity index (χ3v) is 4.34. The second-order valence-corrected chi connectivity index (χ2v) is 7.05. The molecule has 0 saturated carbocycles. The van der Waals surface area contributed by atoms with Gasteiger partial charge in [0.2, 0.25) is 0 Å². The van der Waals surface area contributed by atoms with Crippen LogP contribution in [-0.4, -0.2) is 25.8 Å². The Morgan fingerprint density at radius 1 is 1.32 bits per heavy atom. The van der Waals surface area contributed by atoms with E-state index in [1.807, 2.05) is 12.1 Å². The molecule has 3 rings (SSSR count). The van der Waals surface area contributed by atoms with Crippen LogP contribution in [0.4, 0.5) is 4.39 Å². The monoisotopic (exact) mass is 321 g/mol. The molecule has 0 unspecified atom stereocenters. The van der Waals surface area contributed by atoms with Crippen molar-refractivity contribution in [1.29, 1.82) is 0 Å². The minimum absolute atomic E-state index is 0.295. The number of allylic oxidation sites excluding steroid dienone is 1. The van der Waals surface area contributed by atoms with Crippen LogP contribution >= 0.6 is 0 Å². The molecule has 116 valence electrons. The zero-order valence-electron chi connectivity index (χ0n) is 12.1. The molecule has 0 aliphatic heterocycles. The van der Waals surface area contributed by atoms with E-state index in [9.17, 15) is 12.8 Å². The van der Waals surface area contributed by atoms with E-state index in [2.05, 4.69) is 4.98 Å². The van der Waals surface area contributed by atoms with Gasteiger partial charge in [-0.2, -0.15) is 8.42 Å². The van der Waals surface area contributed by atoms with E-state index < -0.39 is 10.1 Å². The number of benzene rings is 1. The number of fused-ring (bicyclic) bond motifs is 1. The molecule has 0 spiro atoms. The van der Waals surface area contributed by atoms with E-state index in [0.717, 1.165) is 28.3 Å². The lowest BCUT2D eigenvalue weighted by atomic mass is 9.90. The van der Waals surface area contributed by atoms with E-state index in [4.69, 9.17) is 4.18 Å². The molecule has 0 bridgehead atoms. The van der Waals surface area contributed by atoms with Gasteiger partial charge in [0, 0.05) is 11.6 Å². The Balaban J connectivity index is 1.91. The van der Waals surface area contributed by atoms with Crippen LogP contribution in [-0.2, 0) is 14.3 Å². The maximum Gasteiger partial charge on any atom is 0.264 e. The van der Waals surface area contributed by atoms with Crippen molar-refractivity contribution in [3.8, 4) is 0 Å². The second kappa shape index (κ2) is 5.78. The Kier molecular flexibility index (Phi) is 3.97. The summed E-state index contributed by atoms with van der Waals surface area (Å²) in [7, 11) is -3.43. The van der Waals surface area contributed by atoms with Crippen molar-refractivity contribution in [3.63, 3.8) is 0 Å². The fraction of sp³-hybridized carbons (Fsp3) is 0.312. The molecule has 0 N–H and O–H groups in total. The molecule has 0 fully saturated rings. The molecule has 4 nitrogen and oxygen atoms in total. The summed E-state index contributed by atoms with van der Waals surface area (Å²) in [5.74, 6) is -0.295. The fourth-order valence-electron chi connectivity index (χ4n) is 2.79. The summed E-state index contributed by atoms with van der Waals surface area (Å²) in [6.45, 7) is 0. The predicted octanol–water partition coefficient (Wildman–Crippen LogP) is 3.29. The van der Waals surface area contributed by atoms with E-state index >= 15 is 0 Å². The first-order valence-electron chi connectivity index (χ1n) is 7.04. The number of rotatable bonds is 3. The van der Waals surface area contributed by atoms with E-state index in [0.29, 0.717) is 19.3 Å². The number of aromatic nitrogens is 1. The zero-order chi connectivity index (χ0) is 15.7. The van der Waals surface area contributed by atoms with E-state index in [1.165, 1.54) is 12.1 Å². The molecule has 6 heteroatoms. The largest absolute Gasteiger partial charge is 0.267 e. The molecule has 0 amide bonds. The topological polar surface area (TPSA) is 56.3 Å². The summed E-state index contributed by atoms with van der Waals surface area (Å²) in [4.78, 5) is 4.24. The number of halogens is 1. The summed E-state index contributed by atoms with van der Waals surface area (Å²) in [5, 5.41) is 0.774. The summed E-state index contributed by atoms with van der Waals surface area (Å²) in [6, 6.07) is 6.40. The summed E-state index contributed by atoms with van der Waals surface area (Å²) < 4.78 is 40.9. The van der Waals surface area contributed by atoms with Gasteiger partial charge in [-0.15, -0.1) is 0 Å². The SMILES string of the molecule is CS(=O)(=O)O[C@@H]1CC=C(c2ccnc3ccc(F)cc23)CC1. The molecule has 0 saturated heterocycles. The van der Waals surface area contributed by atoms with Crippen molar-refractivity contribution < 1.29 is 17.0 Å². The standard InChI is InChI=1S/C16H16FNO3S/c1-22(19,20)21-13-5-2-11(3-6-13)14-8-9-18-16-7-4-12(17)10-15(14)16/h2,4,7-10,13H,3,5-6H2,1H3/t13-/m1/s1. The lowest BCUT2D eigenvalue weighted by Gasteiger charge is -2.22. The summed E-state index contributed by atoms with van der Waals surface area (Å²) >= 11 is 0. The second-order valence-electron chi connectivity index (χ2n) is 5.45. The van der Waals surface area contributed by atoms with Gasteiger partial charge in [0.1, 0.15) is 5.82 Å². The average molecular weight is 321 g/mol. The number of hydrogen-bond acceptors (Lipinski definition) is 4. The zero-order valence-corrected chi connectivity index (χ0v) is 12.9. The quantitative estimate of drug-likeness (QED) is 0.814. The molecule has 1 heterocycles. The summed E-state index contributed by atoms with van der Waals surface area (Å²) in [5.41, 5.74) is 2.77. The third kappa shape index (κ3) is 3.34. The van der Waals surface area contributed by atoms with Crippen molar-refractivity contribution in [3.05, 3.63) is 47.9 Å². The van der Waals surface area contributed by atoms with Crippen LogP contribution in [0.1, 0.15) is 24.8 Å². The first kappa shape index (κ1) is 15.1. The van der Waals surface area contributed by atoms with Gasteiger partial charge in [0.15, 0.2) is 0 Å². The van der Waals surface area contributed by atoms with Crippen molar-refractivity contribution in [2.75, 3.05) is 6.26 Å². The highest BCUT2D eigenvalue weighted by atomic mass is 32.2. The maximum atomic E-state index is 13.5. The lowest BCUT2D eigenvalue weighted by molar-refractivity contribution is 0.202. The fourth-order valence-corrected chi connectivity index (χ4v) is 3.46. The molecular weight excluding hydrogens is 305 g/mol. The first-order chi connectivity index (χ1) is 10.4. The molecule has 22 heavy (non-hydrogen) atoms. The molecular formula is C16H16FNO3S. The van der Waals surface area contributed by atoms with Gasteiger partial charge in [-0.3, -0.25) is 9.17 Å². The number of nitrogens with zero attached hydrogens (tertiary/aromatic N) is 1. The molecule has 1 aromatic carbocycles. The van der Waals surface area contributed by atoms with E-state index in [-0.39, 0.29) is 11.9 Å². The molecule has 1 aromatic heterocycles. The van der Waals surface area contributed by atoms with Gasteiger partial charge in [-0.25, -0.2) is 4.39 Å². The van der Waals surface area contributed by atoms with Crippen LogP contribution in [0.25, 0.3) is 16.5 Å². The number of pyridine rings is 1. The van der Waals surface area contributed by atoms with Gasteiger partial charge in [-0.1, -0.05) is 6.08 Å². The summed E-state index contributed by atoms with van der Waals surface area (Å²) in [6.07, 6.45) is 6.26. The van der Waals surface area contributed by atoms with Gasteiger partial charge < -0.3 is 0 Å². The minimum Gasteiger partial charge on any atom is -0.267 e. The Labute approximate surface area is 128 Å². The highest BCUT2D eigenvalue weighted by molar-refractivity contribution is 7.86. The molecule has 1 aliphatic carbocycles. The van der Waals surface area contributed by atoms with Crippen LogP contribution in [0.15, 0.2) is 36.5 Å². The average Bonchev–Trinajstić information content (AvgIpc) is 2.46. The van der Waals surface area contributed by atoms with Crippen molar-refractivity contribution in [2.24, 2.45) is 0 Å².